The molecule has 2 rings (SSSR count). The number of halogens is 3. The van der Waals surface area contributed by atoms with Crippen molar-refractivity contribution in [1.29, 1.82) is 0 Å². The fourth-order valence-corrected chi connectivity index (χ4v) is 2.75. The highest BCUT2D eigenvalue weighted by Crippen LogP contribution is 2.36. The first-order valence-electron chi connectivity index (χ1n) is 9.57. The molecule has 0 spiro atoms. The molecule has 0 aliphatic carbocycles. The molecular weight excluding hydrogens is 367 g/mol. The maximum absolute atomic E-state index is 12.7. The van der Waals surface area contributed by atoms with Crippen LogP contribution < -0.4 is 0 Å². The molecule has 2 aromatic rings. The minimum Gasteiger partial charge on any atom is -0.507 e. The van der Waals surface area contributed by atoms with Crippen molar-refractivity contribution in [3.8, 4) is 17.0 Å². The highest BCUT2D eigenvalue weighted by Gasteiger charge is 2.31. The summed E-state index contributed by atoms with van der Waals surface area (Å²) in [5.74, 6) is -0.450. The van der Waals surface area contributed by atoms with Gasteiger partial charge in [0.05, 0.1) is 17.0 Å². The zero-order valence-electron chi connectivity index (χ0n) is 17.3. The summed E-state index contributed by atoms with van der Waals surface area (Å²) in [5, 5.41) is 18.3. The van der Waals surface area contributed by atoms with E-state index >= 15 is 0 Å². The van der Waals surface area contributed by atoms with Crippen molar-refractivity contribution in [3.05, 3.63) is 41.1 Å². The Morgan fingerprint density at radius 2 is 1.68 bits per heavy atom. The van der Waals surface area contributed by atoms with Crippen molar-refractivity contribution in [2.75, 3.05) is 20.6 Å². The number of aromatic nitrogens is 2. The van der Waals surface area contributed by atoms with Crippen LogP contribution >= 0.6 is 0 Å². The molecule has 1 aromatic carbocycles. The smallest absolute Gasteiger partial charge is 0.416 e. The SMILES string of the molecule is CC.Cc1cc(CCCCCN(C)C)nnc1-c1ccc(C(F)(F)F)cc1O. The van der Waals surface area contributed by atoms with Crippen molar-refractivity contribution in [2.45, 2.75) is 52.6 Å². The standard InChI is InChI=1S/C19H24F3N3O.C2H6/c1-13-11-15(7-5-4-6-10-25(2)3)23-24-18(13)16-9-8-14(12-17(16)26)19(20,21)22;1-2/h8-9,11-12,26H,4-7,10H2,1-3H3;1-2H3. The van der Waals surface area contributed by atoms with E-state index in [2.05, 4.69) is 15.1 Å². The lowest BCUT2D eigenvalue weighted by molar-refractivity contribution is -0.137. The molecule has 0 bridgehead atoms. The third kappa shape index (κ3) is 7.11. The van der Waals surface area contributed by atoms with Crippen LogP contribution in [0.15, 0.2) is 24.3 Å². The maximum atomic E-state index is 12.7. The molecule has 1 heterocycles. The zero-order chi connectivity index (χ0) is 21.3. The largest absolute Gasteiger partial charge is 0.507 e. The van der Waals surface area contributed by atoms with Crippen LogP contribution in [0.25, 0.3) is 11.3 Å². The normalized spacial score (nSPS) is 11.3. The lowest BCUT2D eigenvalue weighted by atomic mass is 10.0. The summed E-state index contributed by atoms with van der Waals surface area (Å²) in [6.07, 6.45) is -0.460. The van der Waals surface area contributed by atoms with Crippen molar-refractivity contribution in [1.82, 2.24) is 15.1 Å². The Morgan fingerprint density at radius 1 is 1.00 bits per heavy atom. The van der Waals surface area contributed by atoms with Gasteiger partial charge in [-0.05, 0) is 76.7 Å². The van der Waals surface area contributed by atoms with E-state index in [0.29, 0.717) is 5.69 Å². The first kappa shape index (κ1) is 23.9. The van der Waals surface area contributed by atoms with Crippen molar-refractivity contribution in [2.24, 2.45) is 0 Å². The van der Waals surface area contributed by atoms with Gasteiger partial charge in [-0.25, -0.2) is 0 Å². The van der Waals surface area contributed by atoms with Gasteiger partial charge in [0, 0.05) is 5.56 Å². The first-order valence-corrected chi connectivity index (χ1v) is 9.57. The predicted octanol–water partition coefficient (Wildman–Crippen LogP) is 5.48. The number of phenolic OH excluding ortho intramolecular Hbond substituents is 1. The van der Waals surface area contributed by atoms with E-state index in [1.807, 2.05) is 40.9 Å². The van der Waals surface area contributed by atoms with Gasteiger partial charge in [-0.2, -0.15) is 18.3 Å². The number of hydrogen-bond acceptors (Lipinski definition) is 4. The molecule has 1 aromatic heterocycles. The second kappa shape index (κ2) is 11.0. The minimum absolute atomic E-state index is 0.250. The lowest BCUT2D eigenvalue weighted by Gasteiger charge is -2.11. The van der Waals surface area contributed by atoms with Crippen molar-refractivity contribution < 1.29 is 18.3 Å². The molecule has 156 valence electrons. The number of hydrogen-bond donors (Lipinski definition) is 1. The van der Waals surface area contributed by atoms with Gasteiger partial charge in [-0.3, -0.25) is 0 Å². The van der Waals surface area contributed by atoms with E-state index in [1.54, 1.807) is 0 Å². The lowest BCUT2D eigenvalue weighted by Crippen LogP contribution is -2.12. The van der Waals surface area contributed by atoms with Gasteiger partial charge in [0.15, 0.2) is 0 Å². The summed E-state index contributed by atoms with van der Waals surface area (Å²) < 4.78 is 38.1. The molecule has 1 N–H and O–H groups in total. The van der Waals surface area contributed by atoms with E-state index in [-0.39, 0.29) is 5.56 Å². The summed E-state index contributed by atoms with van der Waals surface area (Å²) in [4.78, 5) is 2.15. The van der Waals surface area contributed by atoms with Crippen LogP contribution in [0.5, 0.6) is 5.75 Å². The molecule has 4 nitrogen and oxygen atoms in total. The average molecular weight is 397 g/mol. The van der Waals surface area contributed by atoms with Crippen LogP contribution in [0.4, 0.5) is 13.2 Å². The Morgan fingerprint density at radius 3 is 2.21 bits per heavy atom. The molecule has 0 fully saturated rings. The van der Waals surface area contributed by atoms with Crippen LogP contribution in [-0.2, 0) is 12.6 Å². The molecule has 28 heavy (non-hydrogen) atoms. The highest BCUT2D eigenvalue weighted by molar-refractivity contribution is 5.69. The molecule has 0 aliphatic rings. The maximum Gasteiger partial charge on any atom is 0.416 e. The number of aromatic hydroxyl groups is 1. The van der Waals surface area contributed by atoms with Gasteiger partial charge in [0.2, 0.25) is 0 Å². The molecule has 7 heteroatoms. The Hall–Kier alpha value is -2.15. The molecule has 0 radical (unpaired) electrons. The Labute approximate surface area is 165 Å². The van der Waals surface area contributed by atoms with Gasteiger partial charge in [0.25, 0.3) is 0 Å². The monoisotopic (exact) mass is 397 g/mol. The predicted molar refractivity (Wildman–Crippen MR) is 106 cm³/mol. The van der Waals surface area contributed by atoms with Gasteiger partial charge >= 0.3 is 6.18 Å². The van der Waals surface area contributed by atoms with E-state index in [4.69, 9.17) is 0 Å². The second-order valence-corrected chi connectivity index (χ2v) is 6.71. The Balaban J connectivity index is 0.00000190. The summed E-state index contributed by atoms with van der Waals surface area (Å²) in [6.45, 7) is 6.87. The van der Waals surface area contributed by atoms with Crippen molar-refractivity contribution >= 4 is 0 Å². The molecule has 0 unspecified atom stereocenters. The fourth-order valence-electron chi connectivity index (χ4n) is 2.75. The van der Waals surface area contributed by atoms with Crippen LogP contribution in [0, 0.1) is 6.92 Å². The van der Waals surface area contributed by atoms with E-state index in [9.17, 15) is 18.3 Å². The molecule has 0 atom stereocenters. The summed E-state index contributed by atoms with van der Waals surface area (Å²) >= 11 is 0. The molecular formula is C21H30F3N3O. The molecule has 0 saturated heterocycles. The third-order valence-corrected chi connectivity index (χ3v) is 4.15. The molecule has 0 amide bonds. The van der Waals surface area contributed by atoms with Crippen LogP contribution in [0.3, 0.4) is 0 Å². The number of rotatable bonds is 7. The third-order valence-electron chi connectivity index (χ3n) is 4.15. The van der Waals surface area contributed by atoms with E-state index < -0.39 is 17.5 Å². The van der Waals surface area contributed by atoms with E-state index in [1.165, 1.54) is 6.07 Å². The number of benzene rings is 1. The zero-order valence-corrected chi connectivity index (χ0v) is 17.3. The summed E-state index contributed by atoms with van der Waals surface area (Å²) in [5.41, 5.74) is 1.38. The number of phenols is 1. The van der Waals surface area contributed by atoms with Crippen LogP contribution in [-0.4, -0.2) is 40.8 Å². The summed E-state index contributed by atoms with van der Waals surface area (Å²) in [6, 6.07) is 4.77. The molecule has 0 saturated carbocycles. The second-order valence-electron chi connectivity index (χ2n) is 6.71. The average Bonchev–Trinajstić information content (AvgIpc) is 2.62. The highest BCUT2D eigenvalue weighted by atomic mass is 19.4. The van der Waals surface area contributed by atoms with Crippen LogP contribution in [0.1, 0.15) is 49.9 Å². The van der Waals surface area contributed by atoms with E-state index in [0.717, 1.165) is 55.6 Å². The summed E-state index contributed by atoms with van der Waals surface area (Å²) in [7, 11) is 4.09. The quantitative estimate of drug-likeness (QED) is 0.629. The first-order chi connectivity index (χ1) is 13.2. The topological polar surface area (TPSA) is 49.2 Å². The van der Waals surface area contributed by atoms with Gasteiger partial charge in [-0.1, -0.05) is 20.3 Å². The number of unbranched alkanes of at least 4 members (excludes halogenated alkanes) is 2. The van der Waals surface area contributed by atoms with Gasteiger partial charge in [0.1, 0.15) is 5.75 Å². The Bertz CT molecular complexity index is 746. The number of alkyl halides is 3. The van der Waals surface area contributed by atoms with Crippen LogP contribution in [0.2, 0.25) is 0 Å². The Kier molecular flexibility index (Phi) is 9.38. The fraction of sp³-hybridized carbons (Fsp3) is 0.524. The molecule has 0 aliphatic heterocycles. The number of nitrogens with zero attached hydrogens (tertiary/aromatic N) is 3. The van der Waals surface area contributed by atoms with Gasteiger partial charge < -0.3 is 10.0 Å². The van der Waals surface area contributed by atoms with Crippen molar-refractivity contribution in [3.63, 3.8) is 0 Å². The van der Waals surface area contributed by atoms with Gasteiger partial charge in [-0.15, -0.1) is 5.10 Å². The minimum atomic E-state index is -4.49. The number of aryl methyl sites for hydroxylation is 2.